The molecule has 0 radical (unpaired) electrons. The first-order chi connectivity index (χ1) is 7.65. The number of nitrogens with one attached hydrogen (secondary N) is 1. The molecule has 0 aliphatic carbocycles. The molecule has 0 amide bonds. The molecule has 84 valence electrons. The lowest BCUT2D eigenvalue weighted by atomic mass is 10.3. The Bertz CT molecular complexity index is 497. The Morgan fingerprint density at radius 1 is 1.50 bits per heavy atom. The molecule has 0 saturated heterocycles. The Morgan fingerprint density at radius 3 is 3.00 bits per heavy atom. The van der Waals surface area contributed by atoms with E-state index in [0.29, 0.717) is 23.9 Å². The second kappa shape index (κ2) is 4.52. The molecule has 0 spiro atoms. The van der Waals surface area contributed by atoms with Crippen LogP contribution in [0.1, 0.15) is 11.7 Å². The van der Waals surface area contributed by atoms with Crippen molar-refractivity contribution in [2.45, 2.75) is 13.5 Å². The van der Waals surface area contributed by atoms with E-state index in [2.05, 4.69) is 31.4 Å². The molecule has 16 heavy (non-hydrogen) atoms. The van der Waals surface area contributed by atoms with Gasteiger partial charge in [-0.05, 0) is 25.1 Å². The number of aryl methyl sites for hydroxylation is 1. The highest BCUT2D eigenvalue weighted by atomic mass is 79.9. The molecular weight excluding hydrogens is 272 g/mol. The smallest absolute Gasteiger partial charge is 0.245 e. The van der Waals surface area contributed by atoms with Crippen LogP contribution in [-0.2, 0) is 6.54 Å². The van der Waals surface area contributed by atoms with Crippen LogP contribution in [0.15, 0.2) is 27.2 Å². The zero-order chi connectivity index (χ0) is 11.5. The maximum Gasteiger partial charge on any atom is 0.245 e. The van der Waals surface area contributed by atoms with E-state index < -0.39 is 0 Å². The number of aromatic nitrogens is 2. The van der Waals surface area contributed by atoms with Crippen molar-refractivity contribution in [1.29, 1.82) is 0 Å². The van der Waals surface area contributed by atoms with Crippen LogP contribution in [0, 0.1) is 6.92 Å². The fourth-order valence-corrected chi connectivity index (χ4v) is 1.63. The molecule has 1 aromatic carbocycles. The summed E-state index contributed by atoms with van der Waals surface area (Å²) in [5.74, 6) is 1.16. The largest absolute Gasteiger partial charge is 0.397 e. The van der Waals surface area contributed by atoms with Crippen LogP contribution in [0.5, 0.6) is 0 Å². The third-order valence-electron chi connectivity index (χ3n) is 2.02. The van der Waals surface area contributed by atoms with Gasteiger partial charge in [-0.2, -0.15) is 4.98 Å². The van der Waals surface area contributed by atoms with Gasteiger partial charge in [0.2, 0.25) is 5.89 Å². The van der Waals surface area contributed by atoms with E-state index in [1.165, 1.54) is 0 Å². The van der Waals surface area contributed by atoms with Gasteiger partial charge in [0.25, 0.3) is 0 Å². The summed E-state index contributed by atoms with van der Waals surface area (Å²) in [6.45, 7) is 2.24. The molecule has 5 nitrogen and oxygen atoms in total. The van der Waals surface area contributed by atoms with Crippen LogP contribution in [0.3, 0.4) is 0 Å². The quantitative estimate of drug-likeness (QED) is 0.845. The third-order valence-corrected chi connectivity index (χ3v) is 2.51. The fraction of sp³-hybridized carbons (Fsp3) is 0.200. The van der Waals surface area contributed by atoms with E-state index >= 15 is 0 Å². The summed E-state index contributed by atoms with van der Waals surface area (Å²) >= 11 is 3.38. The Labute approximate surface area is 101 Å². The van der Waals surface area contributed by atoms with E-state index in [-0.39, 0.29) is 0 Å². The zero-order valence-corrected chi connectivity index (χ0v) is 10.3. The van der Waals surface area contributed by atoms with Gasteiger partial charge in [0, 0.05) is 4.47 Å². The van der Waals surface area contributed by atoms with Crippen molar-refractivity contribution in [2.75, 3.05) is 11.1 Å². The van der Waals surface area contributed by atoms with Crippen LogP contribution in [0.25, 0.3) is 0 Å². The molecule has 0 saturated carbocycles. The minimum atomic E-state index is 0.460. The molecule has 1 heterocycles. The minimum absolute atomic E-state index is 0.460. The average molecular weight is 283 g/mol. The fourth-order valence-electron chi connectivity index (χ4n) is 1.26. The third kappa shape index (κ3) is 2.52. The molecule has 0 aliphatic rings. The Morgan fingerprint density at radius 2 is 2.31 bits per heavy atom. The molecular formula is C10H11BrN4O. The minimum Gasteiger partial charge on any atom is -0.397 e. The van der Waals surface area contributed by atoms with E-state index in [1.54, 1.807) is 6.92 Å². The van der Waals surface area contributed by atoms with E-state index in [1.807, 2.05) is 18.2 Å². The lowest BCUT2D eigenvalue weighted by molar-refractivity contribution is 0.379. The van der Waals surface area contributed by atoms with Crippen LogP contribution >= 0.6 is 15.9 Å². The first-order valence-corrected chi connectivity index (χ1v) is 5.52. The Kier molecular flexibility index (Phi) is 3.09. The zero-order valence-electron chi connectivity index (χ0n) is 8.70. The molecule has 0 unspecified atom stereocenters. The second-order valence-corrected chi connectivity index (χ2v) is 4.24. The molecule has 2 rings (SSSR count). The van der Waals surface area contributed by atoms with Crippen LogP contribution in [-0.4, -0.2) is 10.1 Å². The predicted molar refractivity (Wildman–Crippen MR) is 64.9 cm³/mol. The highest BCUT2D eigenvalue weighted by Gasteiger charge is 2.04. The molecule has 2 aromatic rings. The van der Waals surface area contributed by atoms with Gasteiger partial charge < -0.3 is 15.6 Å². The molecule has 3 N–H and O–H groups in total. The number of hydrogen-bond donors (Lipinski definition) is 2. The van der Waals surface area contributed by atoms with Crippen molar-refractivity contribution >= 4 is 27.3 Å². The van der Waals surface area contributed by atoms with Gasteiger partial charge in [0.05, 0.1) is 17.9 Å². The number of nitrogen functional groups attached to an aromatic ring is 1. The monoisotopic (exact) mass is 282 g/mol. The highest BCUT2D eigenvalue weighted by Crippen LogP contribution is 2.23. The maximum atomic E-state index is 5.81. The van der Waals surface area contributed by atoms with Crippen molar-refractivity contribution < 1.29 is 4.52 Å². The summed E-state index contributed by atoms with van der Waals surface area (Å²) in [5.41, 5.74) is 7.33. The average Bonchev–Trinajstić information content (AvgIpc) is 2.66. The van der Waals surface area contributed by atoms with Crippen LogP contribution in [0.4, 0.5) is 11.4 Å². The van der Waals surface area contributed by atoms with E-state index in [9.17, 15) is 0 Å². The topological polar surface area (TPSA) is 77.0 Å². The Hall–Kier alpha value is -1.56. The number of hydrogen-bond acceptors (Lipinski definition) is 5. The number of halogens is 1. The first-order valence-electron chi connectivity index (χ1n) is 4.73. The number of nitrogens with two attached hydrogens (primary N) is 1. The standard InChI is InChI=1S/C10H11BrN4O/c1-6-14-10(16-15-6)5-13-9-4-7(11)2-3-8(9)12/h2-4,13H,5,12H2,1H3. The number of benzene rings is 1. The van der Waals surface area contributed by atoms with Crippen LogP contribution < -0.4 is 11.1 Å². The predicted octanol–water partition coefficient (Wildman–Crippen LogP) is 2.33. The van der Waals surface area contributed by atoms with Crippen LogP contribution in [0.2, 0.25) is 0 Å². The van der Waals surface area contributed by atoms with Crippen molar-refractivity contribution in [1.82, 2.24) is 10.1 Å². The lowest BCUT2D eigenvalue weighted by Crippen LogP contribution is -2.02. The summed E-state index contributed by atoms with van der Waals surface area (Å²) < 4.78 is 5.94. The summed E-state index contributed by atoms with van der Waals surface area (Å²) in [7, 11) is 0. The number of rotatable bonds is 3. The Balaban J connectivity index is 2.07. The molecule has 0 fully saturated rings. The van der Waals surface area contributed by atoms with Crippen molar-refractivity contribution in [3.05, 3.63) is 34.4 Å². The summed E-state index contributed by atoms with van der Waals surface area (Å²) in [4.78, 5) is 4.09. The van der Waals surface area contributed by atoms with E-state index in [0.717, 1.165) is 10.2 Å². The van der Waals surface area contributed by atoms with Gasteiger partial charge in [-0.25, -0.2) is 0 Å². The summed E-state index contributed by atoms with van der Waals surface area (Å²) in [5, 5.41) is 6.83. The van der Waals surface area contributed by atoms with Gasteiger partial charge >= 0.3 is 0 Å². The van der Waals surface area contributed by atoms with Gasteiger partial charge in [-0.15, -0.1) is 0 Å². The second-order valence-electron chi connectivity index (χ2n) is 3.32. The van der Waals surface area contributed by atoms with Gasteiger partial charge in [-0.3, -0.25) is 0 Å². The van der Waals surface area contributed by atoms with Gasteiger partial charge in [0.1, 0.15) is 0 Å². The summed E-state index contributed by atoms with van der Waals surface area (Å²) in [6.07, 6.45) is 0. The maximum absolute atomic E-state index is 5.81. The molecule has 0 atom stereocenters. The van der Waals surface area contributed by atoms with Crippen molar-refractivity contribution in [3.8, 4) is 0 Å². The SMILES string of the molecule is Cc1noc(CNc2cc(Br)ccc2N)n1. The molecule has 0 aliphatic heterocycles. The van der Waals surface area contributed by atoms with Gasteiger partial charge in [-0.1, -0.05) is 21.1 Å². The first kappa shape index (κ1) is 10.9. The summed E-state index contributed by atoms with van der Waals surface area (Å²) in [6, 6.07) is 5.61. The number of nitrogens with zero attached hydrogens (tertiary/aromatic N) is 2. The van der Waals surface area contributed by atoms with Crippen molar-refractivity contribution in [3.63, 3.8) is 0 Å². The highest BCUT2D eigenvalue weighted by molar-refractivity contribution is 9.10. The molecule has 6 heteroatoms. The molecule has 1 aromatic heterocycles. The normalized spacial score (nSPS) is 10.4. The molecule has 0 bridgehead atoms. The van der Waals surface area contributed by atoms with Gasteiger partial charge in [0.15, 0.2) is 5.82 Å². The number of anilines is 2. The lowest BCUT2D eigenvalue weighted by Gasteiger charge is -2.07. The van der Waals surface area contributed by atoms with Crippen molar-refractivity contribution in [2.24, 2.45) is 0 Å². The van der Waals surface area contributed by atoms with E-state index in [4.69, 9.17) is 10.3 Å².